The predicted molar refractivity (Wildman–Crippen MR) is 134 cm³/mol. The summed E-state index contributed by atoms with van der Waals surface area (Å²) in [4.78, 5) is 42.7. The Morgan fingerprint density at radius 2 is 1.80 bits per heavy atom. The van der Waals surface area contributed by atoms with Crippen molar-refractivity contribution in [3.63, 3.8) is 0 Å². The van der Waals surface area contributed by atoms with Gasteiger partial charge in [0.25, 0.3) is 0 Å². The minimum Gasteiger partial charge on any atom is -0.356 e. The molecule has 3 aliphatic heterocycles. The molecule has 188 valence electrons. The largest absolute Gasteiger partial charge is 0.356 e. The zero-order valence-electron chi connectivity index (χ0n) is 20.1. The number of halogens is 2. The van der Waals surface area contributed by atoms with Crippen molar-refractivity contribution < 1.29 is 19.1 Å². The van der Waals surface area contributed by atoms with Crippen molar-refractivity contribution in [2.24, 2.45) is 11.8 Å². The van der Waals surface area contributed by atoms with Gasteiger partial charge in [-0.2, -0.15) is 0 Å². The van der Waals surface area contributed by atoms with Gasteiger partial charge in [-0.25, -0.2) is 0 Å². The number of nitrogens with one attached hydrogen (secondary N) is 2. The van der Waals surface area contributed by atoms with Crippen LogP contribution in [0.5, 0.6) is 0 Å². The van der Waals surface area contributed by atoms with Crippen LogP contribution in [0.3, 0.4) is 0 Å². The molecule has 9 heteroatoms. The number of ether oxygens (including phenoxy) is 1. The van der Waals surface area contributed by atoms with Gasteiger partial charge in [0.15, 0.2) is 0 Å². The smallest absolute Gasteiger partial charge is 0.246 e. The summed E-state index contributed by atoms with van der Waals surface area (Å²) in [6.45, 7) is 5.58. The number of rotatable bonds is 5. The van der Waals surface area contributed by atoms with Gasteiger partial charge in [0.1, 0.15) is 11.6 Å². The van der Waals surface area contributed by atoms with Crippen molar-refractivity contribution in [2.75, 3.05) is 5.32 Å². The molecule has 0 radical (unpaired) electrons. The van der Waals surface area contributed by atoms with Crippen molar-refractivity contribution in [3.05, 3.63) is 40.4 Å². The van der Waals surface area contributed by atoms with E-state index in [0.717, 1.165) is 25.7 Å². The third-order valence-electron chi connectivity index (χ3n) is 7.96. The molecule has 2 N–H and O–H groups in total. The second-order valence-corrected chi connectivity index (χ2v) is 11.4. The van der Waals surface area contributed by atoms with E-state index in [2.05, 4.69) is 10.6 Å². The van der Waals surface area contributed by atoms with E-state index >= 15 is 0 Å². The van der Waals surface area contributed by atoms with E-state index in [4.69, 9.17) is 27.9 Å². The first-order valence-electron chi connectivity index (χ1n) is 12.4. The van der Waals surface area contributed by atoms with Crippen molar-refractivity contribution in [1.29, 1.82) is 0 Å². The second kappa shape index (κ2) is 8.79. The zero-order chi connectivity index (χ0) is 25.1. The molecule has 1 aromatic rings. The van der Waals surface area contributed by atoms with Gasteiger partial charge in [0, 0.05) is 17.8 Å². The molecule has 7 nitrogen and oxygen atoms in total. The number of anilines is 1. The molecule has 3 amide bonds. The monoisotopic (exact) mass is 519 g/mol. The van der Waals surface area contributed by atoms with Crippen LogP contribution in [0.25, 0.3) is 0 Å². The molecule has 1 saturated carbocycles. The van der Waals surface area contributed by atoms with E-state index in [-0.39, 0.29) is 29.8 Å². The number of likely N-dealkylation sites (tertiary alicyclic amines) is 1. The van der Waals surface area contributed by atoms with Gasteiger partial charge >= 0.3 is 0 Å². The third-order valence-corrected chi connectivity index (χ3v) is 8.70. The molecular formula is C26H31Cl2N3O4. The average Bonchev–Trinajstić information content (AvgIpc) is 3.37. The summed E-state index contributed by atoms with van der Waals surface area (Å²) in [7, 11) is 0. The summed E-state index contributed by atoms with van der Waals surface area (Å²) in [5.41, 5.74) is -1.71. The maximum Gasteiger partial charge on any atom is 0.246 e. The first-order chi connectivity index (χ1) is 16.6. The van der Waals surface area contributed by atoms with E-state index in [1.54, 1.807) is 30.0 Å². The molecule has 1 aliphatic carbocycles. The normalized spacial score (nSPS) is 33.9. The summed E-state index contributed by atoms with van der Waals surface area (Å²) in [5.74, 6) is -2.40. The Kier molecular flexibility index (Phi) is 6.17. The molecule has 0 aromatic heterocycles. The first kappa shape index (κ1) is 24.6. The van der Waals surface area contributed by atoms with E-state index in [1.807, 2.05) is 26.0 Å². The lowest BCUT2D eigenvalue weighted by Gasteiger charge is -2.36. The standard InChI is InChI=1S/C26H31Cl2N3O4/c1-14(2)31-21(23(33)29-15-7-5-4-6-8-15)26-12-11-25(3,35-26)19(20(26)24(31)34)22(32)30-16-9-10-17(27)18(28)13-16/h9-15,19-21H,4-8H2,1-3H3,(H,29,33)(H,30,32)/t19-,20-,21+,25-,26-/m0/s1. The maximum atomic E-state index is 13.8. The average molecular weight is 520 g/mol. The van der Waals surface area contributed by atoms with Crippen LogP contribution in [0.4, 0.5) is 5.69 Å². The van der Waals surface area contributed by atoms with Crippen LogP contribution in [0.2, 0.25) is 10.0 Å². The third kappa shape index (κ3) is 3.87. The van der Waals surface area contributed by atoms with Crippen LogP contribution in [0.15, 0.2) is 30.4 Å². The van der Waals surface area contributed by atoms with Crippen molar-refractivity contribution in [1.82, 2.24) is 10.2 Å². The Morgan fingerprint density at radius 1 is 1.09 bits per heavy atom. The van der Waals surface area contributed by atoms with Crippen LogP contribution in [-0.4, -0.2) is 51.9 Å². The van der Waals surface area contributed by atoms with Crippen LogP contribution in [0, 0.1) is 11.8 Å². The molecule has 2 saturated heterocycles. The summed E-state index contributed by atoms with van der Waals surface area (Å²) in [5, 5.41) is 6.77. The van der Waals surface area contributed by atoms with Gasteiger partial charge < -0.3 is 20.3 Å². The fraction of sp³-hybridized carbons (Fsp3) is 0.577. The molecule has 3 fully saturated rings. The van der Waals surface area contributed by atoms with Gasteiger partial charge in [-0.1, -0.05) is 54.6 Å². The van der Waals surface area contributed by atoms with E-state index in [0.29, 0.717) is 15.7 Å². The minimum atomic E-state index is -1.19. The van der Waals surface area contributed by atoms with E-state index in [1.165, 1.54) is 6.42 Å². The van der Waals surface area contributed by atoms with Crippen molar-refractivity contribution >= 4 is 46.6 Å². The highest BCUT2D eigenvalue weighted by atomic mass is 35.5. The predicted octanol–water partition coefficient (Wildman–Crippen LogP) is 4.33. The molecule has 5 atom stereocenters. The van der Waals surface area contributed by atoms with Gasteiger partial charge in [0.05, 0.1) is 27.5 Å². The lowest BCUT2D eigenvalue weighted by molar-refractivity contribution is -0.146. The summed E-state index contributed by atoms with van der Waals surface area (Å²) < 4.78 is 6.52. The highest BCUT2D eigenvalue weighted by Crippen LogP contribution is 2.60. The Morgan fingerprint density at radius 3 is 2.46 bits per heavy atom. The maximum absolute atomic E-state index is 13.8. The Hall–Kier alpha value is -2.09. The number of carbonyl (C=O) groups excluding carboxylic acids is 3. The number of hydrogen-bond donors (Lipinski definition) is 2. The van der Waals surface area contributed by atoms with Gasteiger partial charge in [-0.15, -0.1) is 0 Å². The van der Waals surface area contributed by atoms with Gasteiger partial charge in [-0.3, -0.25) is 14.4 Å². The molecule has 0 unspecified atom stereocenters. The topological polar surface area (TPSA) is 87.7 Å². The lowest BCUT2D eigenvalue weighted by atomic mass is 9.70. The Labute approximate surface area is 215 Å². The molecule has 2 bridgehead atoms. The summed E-state index contributed by atoms with van der Waals surface area (Å²) in [6.07, 6.45) is 8.90. The number of carbonyl (C=O) groups is 3. The molecule has 1 spiro atoms. The Balaban J connectivity index is 1.47. The fourth-order valence-electron chi connectivity index (χ4n) is 6.44. The SMILES string of the molecule is CC(C)N1C(=O)[C@@H]2[C@@H](C(=O)Nc3ccc(Cl)c(Cl)c3)[C@]3(C)C=C[C@@]2(O3)[C@H]1C(=O)NC1CCCCC1. The Bertz CT molecular complexity index is 1100. The number of benzene rings is 1. The fourth-order valence-corrected chi connectivity index (χ4v) is 6.74. The molecule has 4 aliphatic rings. The number of fused-ring (bicyclic) bond motifs is 1. The highest BCUT2D eigenvalue weighted by Gasteiger charge is 2.76. The van der Waals surface area contributed by atoms with Crippen molar-refractivity contribution in [2.45, 2.75) is 82.2 Å². The molecule has 1 aromatic carbocycles. The minimum absolute atomic E-state index is 0.0998. The van der Waals surface area contributed by atoms with Crippen LogP contribution >= 0.6 is 23.2 Å². The summed E-state index contributed by atoms with van der Waals surface area (Å²) >= 11 is 12.1. The van der Waals surface area contributed by atoms with Crippen LogP contribution < -0.4 is 10.6 Å². The molecular weight excluding hydrogens is 489 g/mol. The molecule has 35 heavy (non-hydrogen) atoms. The lowest BCUT2D eigenvalue weighted by Crippen LogP contribution is -2.58. The van der Waals surface area contributed by atoms with Crippen LogP contribution in [0.1, 0.15) is 52.9 Å². The van der Waals surface area contributed by atoms with Crippen LogP contribution in [-0.2, 0) is 19.1 Å². The second-order valence-electron chi connectivity index (χ2n) is 10.6. The number of amides is 3. The number of hydrogen-bond acceptors (Lipinski definition) is 4. The zero-order valence-corrected chi connectivity index (χ0v) is 21.7. The quantitative estimate of drug-likeness (QED) is 0.566. The summed E-state index contributed by atoms with van der Waals surface area (Å²) in [6, 6.07) is 3.87. The van der Waals surface area contributed by atoms with E-state index < -0.39 is 29.1 Å². The number of nitrogens with zero attached hydrogens (tertiary/aromatic N) is 1. The first-order valence-corrected chi connectivity index (χ1v) is 13.1. The molecule has 3 heterocycles. The van der Waals surface area contributed by atoms with E-state index in [9.17, 15) is 14.4 Å². The van der Waals surface area contributed by atoms with Gasteiger partial charge in [0.2, 0.25) is 17.7 Å². The van der Waals surface area contributed by atoms with Crippen molar-refractivity contribution in [3.8, 4) is 0 Å². The molecule has 5 rings (SSSR count). The highest BCUT2D eigenvalue weighted by molar-refractivity contribution is 6.42. The van der Waals surface area contributed by atoms with Gasteiger partial charge in [-0.05, 0) is 51.8 Å².